The number of piperidine rings is 1. The van der Waals surface area contributed by atoms with Crippen molar-refractivity contribution in [3.05, 3.63) is 54.6 Å². The number of nitrogens with zero attached hydrogens (tertiary/aromatic N) is 2. The summed E-state index contributed by atoms with van der Waals surface area (Å²) >= 11 is 0. The molecule has 2 aromatic rings. The van der Waals surface area contributed by atoms with Crippen LogP contribution in [0.25, 0.3) is 11.1 Å². The molecule has 126 valence electrons. The molecule has 2 fully saturated rings. The van der Waals surface area contributed by atoms with Crippen LogP contribution in [0.4, 0.5) is 5.69 Å². The molecule has 0 aromatic heterocycles. The highest BCUT2D eigenvalue weighted by Crippen LogP contribution is 2.27. The van der Waals surface area contributed by atoms with E-state index < -0.39 is 0 Å². The Morgan fingerprint density at radius 2 is 1.46 bits per heavy atom. The highest BCUT2D eigenvalue weighted by molar-refractivity contribution is 5.68. The monoisotopic (exact) mass is 322 g/mol. The van der Waals surface area contributed by atoms with Crippen molar-refractivity contribution in [1.29, 1.82) is 0 Å². The molecule has 2 heterocycles. The molecule has 0 unspecified atom stereocenters. The van der Waals surface area contributed by atoms with Gasteiger partial charge in [-0.25, -0.2) is 0 Å². The first-order chi connectivity index (χ1) is 11.9. The predicted molar refractivity (Wildman–Crippen MR) is 99.5 cm³/mol. The normalized spacial score (nSPS) is 20.2. The van der Waals surface area contributed by atoms with E-state index in [2.05, 4.69) is 64.4 Å². The Bertz CT molecular complexity index is 644. The molecule has 0 radical (unpaired) electrons. The van der Waals surface area contributed by atoms with E-state index in [1.165, 1.54) is 29.7 Å². The summed E-state index contributed by atoms with van der Waals surface area (Å²) in [5.41, 5.74) is 3.96. The van der Waals surface area contributed by atoms with Crippen molar-refractivity contribution in [2.75, 3.05) is 44.3 Å². The summed E-state index contributed by atoms with van der Waals surface area (Å²) in [7, 11) is 0. The molecule has 4 rings (SSSR count). The zero-order valence-corrected chi connectivity index (χ0v) is 14.2. The molecule has 2 aromatic carbocycles. The summed E-state index contributed by atoms with van der Waals surface area (Å²) in [6, 6.07) is 20.4. The predicted octanol–water partition coefficient (Wildman–Crippen LogP) is 3.65. The lowest BCUT2D eigenvalue weighted by Gasteiger charge is -2.40. The van der Waals surface area contributed by atoms with Gasteiger partial charge in [0.2, 0.25) is 0 Å². The van der Waals surface area contributed by atoms with E-state index >= 15 is 0 Å². The first-order valence-corrected chi connectivity index (χ1v) is 9.12. The van der Waals surface area contributed by atoms with Gasteiger partial charge in [0.15, 0.2) is 0 Å². The van der Waals surface area contributed by atoms with Gasteiger partial charge in [-0.2, -0.15) is 0 Å². The summed E-state index contributed by atoms with van der Waals surface area (Å²) in [5, 5.41) is 0. The number of hydrogen-bond donors (Lipinski definition) is 0. The second-order valence-corrected chi connectivity index (χ2v) is 6.78. The molecule has 0 atom stereocenters. The quantitative estimate of drug-likeness (QED) is 0.858. The van der Waals surface area contributed by atoms with Crippen molar-refractivity contribution < 1.29 is 4.74 Å². The van der Waals surface area contributed by atoms with Crippen molar-refractivity contribution in [3.8, 4) is 11.1 Å². The topological polar surface area (TPSA) is 15.7 Å². The first kappa shape index (κ1) is 15.7. The Balaban J connectivity index is 1.42. The molecule has 3 nitrogen and oxygen atoms in total. The van der Waals surface area contributed by atoms with Crippen LogP contribution in [0.15, 0.2) is 54.6 Å². The first-order valence-electron chi connectivity index (χ1n) is 9.12. The molecular weight excluding hydrogens is 296 g/mol. The van der Waals surface area contributed by atoms with E-state index in [1.54, 1.807) is 0 Å². The maximum atomic E-state index is 5.48. The number of ether oxygens (including phenoxy) is 1. The van der Waals surface area contributed by atoms with Crippen LogP contribution in [0.5, 0.6) is 0 Å². The van der Waals surface area contributed by atoms with Crippen LogP contribution in [0, 0.1) is 0 Å². The van der Waals surface area contributed by atoms with E-state index in [0.29, 0.717) is 0 Å². The highest BCUT2D eigenvalue weighted by Gasteiger charge is 2.25. The third-order valence-corrected chi connectivity index (χ3v) is 5.34. The molecule has 0 aliphatic carbocycles. The van der Waals surface area contributed by atoms with Gasteiger partial charge in [-0.1, -0.05) is 42.5 Å². The van der Waals surface area contributed by atoms with Crippen molar-refractivity contribution in [2.45, 2.75) is 18.9 Å². The SMILES string of the molecule is c1ccc(-c2cccc(N3CCC(N4CCOCC4)CC3)c2)cc1. The number of benzene rings is 2. The van der Waals surface area contributed by atoms with Gasteiger partial charge >= 0.3 is 0 Å². The van der Waals surface area contributed by atoms with Crippen LogP contribution in [0.3, 0.4) is 0 Å². The molecule has 0 N–H and O–H groups in total. The Labute approximate surface area is 144 Å². The molecule has 2 aliphatic heterocycles. The zero-order valence-electron chi connectivity index (χ0n) is 14.2. The molecule has 2 saturated heterocycles. The van der Waals surface area contributed by atoms with Gasteiger partial charge in [0.05, 0.1) is 13.2 Å². The largest absolute Gasteiger partial charge is 0.379 e. The standard InChI is InChI=1S/C21H26N2O/c1-2-5-18(6-3-1)19-7-4-8-21(17-19)22-11-9-20(10-12-22)23-13-15-24-16-14-23/h1-8,17,20H,9-16H2. The van der Waals surface area contributed by atoms with Gasteiger partial charge < -0.3 is 9.64 Å². The van der Waals surface area contributed by atoms with Gasteiger partial charge in [-0.3, -0.25) is 4.90 Å². The fourth-order valence-corrected chi connectivity index (χ4v) is 3.94. The molecule has 0 saturated carbocycles. The molecular formula is C21H26N2O. The lowest BCUT2D eigenvalue weighted by atomic mass is 10.0. The van der Waals surface area contributed by atoms with Gasteiger partial charge in [0.25, 0.3) is 0 Å². The summed E-state index contributed by atoms with van der Waals surface area (Å²) in [4.78, 5) is 5.17. The zero-order chi connectivity index (χ0) is 16.2. The summed E-state index contributed by atoms with van der Waals surface area (Å²) in [6.45, 7) is 6.32. The Kier molecular flexibility index (Phi) is 4.81. The van der Waals surface area contributed by atoms with Crippen LogP contribution in [0.1, 0.15) is 12.8 Å². The fraction of sp³-hybridized carbons (Fsp3) is 0.429. The smallest absolute Gasteiger partial charge is 0.0594 e. The molecule has 0 amide bonds. The van der Waals surface area contributed by atoms with Gasteiger partial charge in [-0.05, 0) is 36.1 Å². The average Bonchev–Trinajstić information content (AvgIpc) is 2.70. The fourth-order valence-electron chi connectivity index (χ4n) is 3.94. The van der Waals surface area contributed by atoms with E-state index in [4.69, 9.17) is 4.74 Å². The molecule has 24 heavy (non-hydrogen) atoms. The van der Waals surface area contributed by atoms with Crippen LogP contribution >= 0.6 is 0 Å². The van der Waals surface area contributed by atoms with Crippen molar-refractivity contribution >= 4 is 5.69 Å². The minimum atomic E-state index is 0.738. The third kappa shape index (κ3) is 3.47. The van der Waals surface area contributed by atoms with E-state index in [9.17, 15) is 0 Å². The number of anilines is 1. The minimum Gasteiger partial charge on any atom is -0.379 e. The minimum absolute atomic E-state index is 0.738. The third-order valence-electron chi connectivity index (χ3n) is 5.34. The second kappa shape index (κ2) is 7.37. The number of morpholine rings is 1. The van der Waals surface area contributed by atoms with E-state index in [1.807, 2.05) is 0 Å². The maximum absolute atomic E-state index is 5.48. The molecule has 2 aliphatic rings. The Hall–Kier alpha value is -1.84. The molecule has 3 heteroatoms. The number of rotatable bonds is 3. The summed E-state index contributed by atoms with van der Waals surface area (Å²) < 4.78 is 5.48. The van der Waals surface area contributed by atoms with Crippen molar-refractivity contribution in [3.63, 3.8) is 0 Å². The van der Waals surface area contributed by atoms with E-state index in [-0.39, 0.29) is 0 Å². The Morgan fingerprint density at radius 1 is 0.750 bits per heavy atom. The molecule has 0 bridgehead atoms. The van der Waals surface area contributed by atoms with Gasteiger partial charge in [0.1, 0.15) is 0 Å². The second-order valence-electron chi connectivity index (χ2n) is 6.78. The molecule has 0 spiro atoms. The lowest BCUT2D eigenvalue weighted by Crippen LogP contribution is -2.49. The summed E-state index contributed by atoms with van der Waals surface area (Å²) in [6.07, 6.45) is 2.52. The van der Waals surface area contributed by atoms with Crippen molar-refractivity contribution in [1.82, 2.24) is 4.90 Å². The van der Waals surface area contributed by atoms with Crippen molar-refractivity contribution in [2.24, 2.45) is 0 Å². The van der Waals surface area contributed by atoms with Gasteiger partial charge in [0, 0.05) is 37.9 Å². The Morgan fingerprint density at radius 3 is 2.21 bits per heavy atom. The van der Waals surface area contributed by atoms with E-state index in [0.717, 1.165) is 45.4 Å². The highest BCUT2D eigenvalue weighted by atomic mass is 16.5. The van der Waals surface area contributed by atoms with Crippen LogP contribution < -0.4 is 4.90 Å². The lowest BCUT2D eigenvalue weighted by molar-refractivity contribution is 0.0115. The van der Waals surface area contributed by atoms with Crippen LogP contribution in [-0.2, 0) is 4.74 Å². The average molecular weight is 322 g/mol. The van der Waals surface area contributed by atoms with Crippen LogP contribution in [-0.4, -0.2) is 50.3 Å². The van der Waals surface area contributed by atoms with Crippen LogP contribution in [0.2, 0.25) is 0 Å². The van der Waals surface area contributed by atoms with Gasteiger partial charge in [-0.15, -0.1) is 0 Å². The maximum Gasteiger partial charge on any atom is 0.0594 e. The number of hydrogen-bond acceptors (Lipinski definition) is 3. The summed E-state index contributed by atoms with van der Waals surface area (Å²) in [5.74, 6) is 0.